The monoisotopic (exact) mass is 272 g/mol. The first kappa shape index (κ1) is 14.4. The van der Waals surface area contributed by atoms with Gasteiger partial charge in [0.1, 0.15) is 23.2 Å². The first-order valence-corrected chi connectivity index (χ1v) is 7.09. The number of aryl methyl sites for hydroxylation is 1. The number of carbonyl (C=O) groups is 1. The molecule has 1 aromatic heterocycles. The third-order valence-electron chi connectivity index (χ3n) is 3.84. The number of amides is 1. The van der Waals surface area contributed by atoms with Gasteiger partial charge in [-0.2, -0.15) is 5.26 Å². The fourth-order valence-electron chi connectivity index (χ4n) is 2.60. The molecule has 0 spiro atoms. The van der Waals surface area contributed by atoms with Crippen molar-refractivity contribution in [2.24, 2.45) is 5.92 Å². The molecule has 2 rings (SSSR count). The standard InChI is InChI=1S/C16H20N2O2/c1-11-5-3-4-6-15(11)18-16(19)13(10-17)9-14-8-7-12(2)20-14/h7-9,11,15H,3-6H2,1-2H3,(H,18,19)/b13-9-. The minimum Gasteiger partial charge on any atom is -0.462 e. The zero-order chi connectivity index (χ0) is 14.5. The summed E-state index contributed by atoms with van der Waals surface area (Å²) in [6, 6.07) is 5.69. The average molecular weight is 272 g/mol. The largest absolute Gasteiger partial charge is 0.462 e. The van der Waals surface area contributed by atoms with Crippen molar-refractivity contribution < 1.29 is 9.21 Å². The molecule has 0 aromatic carbocycles. The summed E-state index contributed by atoms with van der Waals surface area (Å²) in [7, 11) is 0. The fourth-order valence-corrected chi connectivity index (χ4v) is 2.60. The lowest BCUT2D eigenvalue weighted by Crippen LogP contribution is -2.41. The van der Waals surface area contributed by atoms with Crippen molar-refractivity contribution in [1.82, 2.24) is 5.32 Å². The Labute approximate surface area is 119 Å². The van der Waals surface area contributed by atoms with Crippen molar-refractivity contribution in [3.8, 4) is 6.07 Å². The average Bonchev–Trinajstić information content (AvgIpc) is 2.84. The molecule has 2 unspecified atom stereocenters. The molecule has 1 aliphatic carbocycles. The van der Waals surface area contributed by atoms with Gasteiger partial charge in [-0.1, -0.05) is 19.8 Å². The van der Waals surface area contributed by atoms with Crippen molar-refractivity contribution in [3.63, 3.8) is 0 Å². The molecule has 0 bridgehead atoms. The van der Waals surface area contributed by atoms with Crippen LogP contribution >= 0.6 is 0 Å². The van der Waals surface area contributed by atoms with E-state index in [4.69, 9.17) is 9.68 Å². The third kappa shape index (κ3) is 3.51. The van der Waals surface area contributed by atoms with Crippen LogP contribution in [0.5, 0.6) is 0 Å². The van der Waals surface area contributed by atoms with E-state index in [1.807, 2.05) is 19.1 Å². The Balaban J connectivity index is 2.06. The Bertz CT molecular complexity index is 551. The molecule has 4 nitrogen and oxygen atoms in total. The molecule has 2 atom stereocenters. The zero-order valence-corrected chi connectivity index (χ0v) is 12.0. The SMILES string of the molecule is Cc1ccc(/C=C(/C#N)C(=O)NC2CCCCC2C)o1. The van der Waals surface area contributed by atoms with E-state index in [2.05, 4.69) is 12.2 Å². The van der Waals surface area contributed by atoms with Crippen molar-refractivity contribution in [1.29, 1.82) is 5.26 Å². The van der Waals surface area contributed by atoms with Crippen LogP contribution in [0, 0.1) is 24.2 Å². The second-order valence-electron chi connectivity index (χ2n) is 5.46. The van der Waals surface area contributed by atoms with Crippen molar-refractivity contribution in [2.45, 2.75) is 45.6 Å². The summed E-state index contributed by atoms with van der Waals surface area (Å²) in [5.74, 6) is 1.46. The van der Waals surface area contributed by atoms with Gasteiger partial charge in [0, 0.05) is 12.1 Å². The number of furan rings is 1. The van der Waals surface area contributed by atoms with Gasteiger partial charge in [-0.05, 0) is 37.8 Å². The van der Waals surface area contributed by atoms with E-state index in [1.165, 1.54) is 12.5 Å². The van der Waals surface area contributed by atoms with Gasteiger partial charge in [0.15, 0.2) is 0 Å². The Kier molecular flexibility index (Phi) is 4.62. The second-order valence-corrected chi connectivity index (χ2v) is 5.46. The van der Waals surface area contributed by atoms with Crippen LogP contribution in [-0.2, 0) is 4.79 Å². The highest BCUT2D eigenvalue weighted by Gasteiger charge is 2.24. The van der Waals surface area contributed by atoms with Gasteiger partial charge in [-0.25, -0.2) is 0 Å². The summed E-state index contributed by atoms with van der Waals surface area (Å²) in [6.07, 6.45) is 5.98. The second kappa shape index (κ2) is 6.42. The normalized spacial score (nSPS) is 23.1. The topological polar surface area (TPSA) is 66.0 Å². The highest BCUT2D eigenvalue weighted by molar-refractivity contribution is 6.01. The summed E-state index contributed by atoms with van der Waals surface area (Å²) in [5, 5.41) is 12.1. The molecule has 4 heteroatoms. The smallest absolute Gasteiger partial charge is 0.262 e. The van der Waals surface area contributed by atoms with Crippen LogP contribution in [0.3, 0.4) is 0 Å². The molecule has 1 saturated carbocycles. The number of nitrogens with zero attached hydrogens (tertiary/aromatic N) is 1. The lowest BCUT2D eigenvalue weighted by Gasteiger charge is -2.29. The van der Waals surface area contributed by atoms with Gasteiger partial charge < -0.3 is 9.73 Å². The summed E-state index contributed by atoms with van der Waals surface area (Å²) in [5.41, 5.74) is 0.0946. The van der Waals surface area contributed by atoms with Crippen LogP contribution in [-0.4, -0.2) is 11.9 Å². The van der Waals surface area contributed by atoms with Gasteiger partial charge in [0.05, 0.1) is 0 Å². The maximum absolute atomic E-state index is 12.2. The highest BCUT2D eigenvalue weighted by atomic mass is 16.3. The number of carbonyl (C=O) groups excluding carboxylic acids is 1. The van der Waals surface area contributed by atoms with Crippen LogP contribution < -0.4 is 5.32 Å². The van der Waals surface area contributed by atoms with E-state index in [9.17, 15) is 4.79 Å². The molecule has 0 aliphatic heterocycles. The minimum absolute atomic E-state index is 0.0946. The molecule has 106 valence electrons. The molecule has 20 heavy (non-hydrogen) atoms. The van der Waals surface area contributed by atoms with Crippen molar-refractivity contribution in [3.05, 3.63) is 29.2 Å². The molecule has 1 heterocycles. The van der Waals surface area contributed by atoms with E-state index in [1.54, 1.807) is 6.07 Å². The van der Waals surface area contributed by atoms with E-state index >= 15 is 0 Å². The van der Waals surface area contributed by atoms with Gasteiger partial charge in [0.2, 0.25) is 0 Å². The Hall–Kier alpha value is -2.02. The molecule has 0 saturated heterocycles. The van der Waals surface area contributed by atoms with Crippen molar-refractivity contribution >= 4 is 12.0 Å². The van der Waals surface area contributed by atoms with E-state index < -0.39 is 0 Å². The van der Waals surface area contributed by atoms with E-state index in [-0.39, 0.29) is 17.5 Å². The molecular weight excluding hydrogens is 252 g/mol. The summed E-state index contributed by atoms with van der Waals surface area (Å²) in [6.45, 7) is 3.98. The molecule has 1 fully saturated rings. The first-order valence-electron chi connectivity index (χ1n) is 7.09. The van der Waals surface area contributed by atoms with Crippen LogP contribution in [0.4, 0.5) is 0 Å². The number of rotatable bonds is 3. The van der Waals surface area contributed by atoms with Gasteiger partial charge >= 0.3 is 0 Å². The maximum Gasteiger partial charge on any atom is 0.262 e. The van der Waals surface area contributed by atoms with E-state index in [0.717, 1.165) is 25.0 Å². The molecule has 1 N–H and O–H groups in total. The molecule has 0 radical (unpaired) electrons. The van der Waals surface area contributed by atoms with Crippen LogP contribution in [0.15, 0.2) is 22.1 Å². The minimum atomic E-state index is -0.305. The lowest BCUT2D eigenvalue weighted by atomic mass is 9.86. The summed E-state index contributed by atoms with van der Waals surface area (Å²) in [4.78, 5) is 12.2. The molecule has 1 amide bonds. The lowest BCUT2D eigenvalue weighted by molar-refractivity contribution is -0.118. The fraction of sp³-hybridized carbons (Fsp3) is 0.500. The number of nitrogens with one attached hydrogen (secondary N) is 1. The Morgan fingerprint density at radius 1 is 1.45 bits per heavy atom. The predicted octanol–water partition coefficient (Wildman–Crippen LogP) is 3.19. The predicted molar refractivity (Wildman–Crippen MR) is 76.6 cm³/mol. The first-order chi connectivity index (χ1) is 9.60. The number of nitriles is 1. The molecule has 1 aromatic rings. The quantitative estimate of drug-likeness (QED) is 0.678. The number of hydrogen-bond acceptors (Lipinski definition) is 3. The van der Waals surface area contributed by atoms with Gasteiger partial charge in [-0.3, -0.25) is 4.79 Å². The third-order valence-corrected chi connectivity index (χ3v) is 3.84. The Morgan fingerprint density at radius 3 is 2.80 bits per heavy atom. The van der Waals surface area contributed by atoms with Crippen LogP contribution in [0.25, 0.3) is 6.08 Å². The van der Waals surface area contributed by atoms with Crippen LogP contribution in [0.1, 0.15) is 44.1 Å². The molecule has 1 aliphatic rings. The van der Waals surface area contributed by atoms with Gasteiger partial charge in [-0.15, -0.1) is 0 Å². The highest BCUT2D eigenvalue weighted by Crippen LogP contribution is 2.24. The maximum atomic E-state index is 12.2. The van der Waals surface area contributed by atoms with Crippen molar-refractivity contribution in [2.75, 3.05) is 0 Å². The number of hydrogen-bond donors (Lipinski definition) is 1. The van der Waals surface area contributed by atoms with Crippen LogP contribution in [0.2, 0.25) is 0 Å². The summed E-state index contributed by atoms with van der Waals surface area (Å²) < 4.78 is 5.37. The summed E-state index contributed by atoms with van der Waals surface area (Å²) >= 11 is 0. The van der Waals surface area contributed by atoms with Gasteiger partial charge in [0.25, 0.3) is 5.91 Å². The van der Waals surface area contributed by atoms with E-state index in [0.29, 0.717) is 11.7 Å². The zero-order valence-electron chi connectivity index (χ0n) is 12.0. The Morgan fingerprint density at radius 2 is 2.20 bits per heavy atom. The molecular formula is C16H20N2O2.